The molecule has 0 fully saturated rings. The van der Waals surface area contributed by atoms with E-state index in [-0.39, 0.29) is 23.9 Å². The second-order valence-electron chi connectivity index (χ2n) is 6.93. The Kier molecular flexibility index (Phi) is 7.18. The molecule has 0 spiro atoms. The van der Waals surface area contributed by atoms with Crippen molar-refractivity contribution in [2.24, 2.45) is 7.05 Å². The van der Waals surface area contributed by atoms with Crippen LogP contribution in [0.15, 0.2) is 53.7 Å². The molecule has 3 aromatic rings. The zero-order valence-corrected chi connectivity index (χ0v) is 18.0. The summed E-state index contributed by atoms with van der Waals surface area (Å²) in [5.74, 6) is -0.303. The van der Waals surface area contributed by atoms with Gasteiger partial charge in [0.2, 0.25) is 5.91 Å². The van der Waals surface area contributed by atoms with E-state index in [1.54, 1.807) is 29.8 Å². The number of aromatic nitrogens is 3. The predicted molar refractivity (Wildman–Crippen MR) is 114 cm³/mol. The first-order chi connectivity index (χ1) is 15.1. The smallest absolute Gasteiger partial charge is 0.345 e. The quantitative estimate of drug-likeness (QED) is 0.521. The minimum Gasteiger partial charge on any atom is -0.345 e. The number of aryl methyl sites for hydroxylation is 1. The normalized spacial score (nSPS) is 11.3. The predicted octanol–water partition coefficient (Wildman–Crippen LogP) is 3.80. The number of nitrogens with one attached hydrogen (secondary N) is 2. The zero-order chi connectivity index (χ0) is 23.3. The van der Waals surface area contributed by atoms with Crippen molar-refractivity contribution in [3.05, 3.63) is 71.0 Å². The van der Waals surface area contributed by atoms with Gasteiger partial charge in [0.05, 0.1) is 17.9 Å². The minimum atomic E-state index is -4.49. The lowest BCUT2D eigenvalue weighted by molar-refractivity contribution is -0.137. The van der Waals surface area contributed by atoms with Gasteiger partial charge in [-0.25, -0.2) is 0 Å². The summed E-state index contributed by atoms with van der Waals surface area (Å²) in [6.07, 6.45) is -4.49. The third-order valence-electron chi connectivity index (χ3n) is 4.42. The number of anilines is 1. The number of hydrogen-bond donors (Lipinski definition) is 2. The number of amides is 2. The second kappa shape index (κ2) is 9.86. The molecular weight excluding hydrogens is 443 g/mol. The number of halogens is 3. The molecule has 1 aromatic heterocycles. The number of carbonyl (C=O) groups excluding carboxylic acids is 2. The molecule has 0 saturated carbocycles. The lowest BCUT2D eigenvalue weighted by Crippen LogP contribution is -2.24. The molecule has 168 valence electrons. The Labute approximate surface area is 186 Å². The summed E-state index contributed by atoms with van der Waals surface area (Å²) in [4.78, 5) is 24.4. The van der Waals surface area contributed by atoms with Crippen LogP contribution in [0.3, 0.4) is 0 Å². The molecule has 0 unspecified atom stereocenters. The molecule has 0 aliphatic rings. The molecule has 0 radical (unpaired) electrons. The van der Waals surface area contributed by atoms with E-state index in [1.807, 2.05) is 13.0 Å². The fourth-order valence-corrected chi connectivity index (χ4v) is 3.50. The van der Waals surface area contributed by atoms with Gasteiger partial charge < -0.3 is 15.2 Å². The highest BCUT2D eigenvalue weighted by molar-refractivity contribution is 7.99. The van der Waals surface area contributed by atoms with Crippen molar-refractivity contribution in [3.8, 4) is 0 Å². The highest BCUT2D eigenvalue weighted by Gasteiger charge is 2.30. The molecule has 32 heavy (non-hydrogen) atoms. The van der Waals surface area contributed by atoms with Gasteiger partial charge in [0.15, 0.2) is 11.0 Å². The van der Waals surface area contributed by atoms with Crippen LogP contribution >= 0.6 is 11.8 Å². The number of benzene rings is 2. The Morgan fingerprint density at radius 3 is 2.56 bits per heavy atom. The van der Waals surface area contributed by atoms with Gasteiger partial charge >= 0.3 is 6.18 Å². The number of hydrogen-bond acceptors (Lipinski definition) is 5. The van der Waals surface area contributed by atoms with Crippen LogP contribution in [0.1, 0.15) is 27.3 Å². The fourth-order valence-electron chi connectivity index (χ4n) is 2.77. The topological polar surface area (TPSA) is 88.9 Å². The van der Waals surface area contributed by atoms with Crippen molar-refractivity contribution in [2.45, 2.75) is 24.8 Å². The summed E-state index contributed by atoms with van der Waals surface area (Å²) >= 11 is 1.08. The van der Waals surface area contributed by atoms with Crippen molar-refractivity contribution < 1.29 is 22.8 Å². The first-order valence-electron chi connectivity index (χ1n) is 9.46. The van der Waals surface area contributed by atoms with Crippen molar-refractivity contribution in [1.29, 1.82) is 0 Å². The van der Waals surface area contributed by atoms with Crippen molar-refractivity contribution in [2.75, 3.05) is 11.1 Å². The summed E-state index contributed by atoms with van der Waals surface area (Å²) in [5, 5.41) is 13.7. The van der Waals surface area contributed by atoms with Gasteiger partial charge in [0.25, 0.3) is 5.91 Å². The molecule has 7 nitrogen and oxygen atoms in total. The average Bonchev–Trinajstić information content (AvgIpc) is 3.09. The standard InChI is InChI=1S/C21H20F3N5O2S/c1-13-5-3-6-14(9-13)19(31)25-11-17-27-28-20(29(17)2)32-12-18(30)26-16-8-4-7-15(10-16)21(22,23)24/h3-10H,11-12H2,1-2H3,(H,25,31)(H,26,30). The first kappa shape index (κ1) is 23.3. The van der Waals surface area contributed by atoms with Crippen LogP contribution < -0.4 is 10.6 Å². The highest BCUT2D eigenvalue weighted by Crippen LogP contribution is 2.30. The van der Waals surface area contributed by atoms with Crippen molar-refractivity contribution in [3.63, 3.8) is 0 Å². The van der Waals surface area contributed by atoms with Crippen molar-refractivity contribution >= 4 is 29.3 Å². The SMILES string of the molecule is Cc1cccc(C(=O)NCc2nnc(SCC(=O)Nc3cccc(C(F)(F)F)c3)n2C)c1. The van der Waals surface area contributed by atoms with Crippen LogP contribution in [0.5, 0.6) is 0 Å². The van der Waals surface area contributed by atoms with Gasteiger partial charge in [-0.05, 0) is 37.3 Å². The third kappa shape index (κ3) is 6.10. The first-order valence-corrected chi connectivity index (χ1v) is 10.4. The molecule has 11 heteroatoms. The Bertz CT molecular complexity index is 1130. The Morgan fingerprint density at radius 2 is 1.84 bits per heavy atom. The molecule has 0 aliphatic carbocycles. The van der Waals surface area contributed by atoms with E-state index in [4.69, 9.17) is 0 Å². The Morgan fingerprint density at radius 1 is 1.09 bits per heavy atom. The lowest BCUT2D eigenvalue weighted by Gasteiger charge is -2.10. The van der Waals surface area contributed by atoms with Gasteiger partial charge in [-0.3, -0.25) is 9.59 Å². The van der Waals surface area contributed by atoms with Gasteiger partial charge in [-0.1, -0.05) is 35.5 Å². The molecule has 0 bridgehead atoms. The minimum absolute atomic E-state index is 0.0583. The maximum absolute atomic E-state index is 12.8. The van der Waals surface area contributed by atoms with E-state index in [2.05, 4.69) is 20.8 Å². The zero-order valence-electron chi connectivity index (χ0n) is 17.2. The molecule has 0 aliphatic heterocycles. The second-order valence-corrected chi connectivity index (χ2v) is 7.87. The largest absolute Gasteiger partial charge is 0.416 e. The average molecular weight is 463 g/mol. The molecule has 2 amide bonds. The molecule has 2 aromatic carbocycles. The number of thioether (sulfide) groups is 1. The number of alkyl halides is 3. The Hall–Kier alpha value is -3.34. The van der Waals surface area contributed by atoms with E-state index < -0.39 is 17.6 Å². The van der Waals surface area contributed by atoms with Gasteiger partial charge in [-0.2, -0.15) is 13.2 Å². The van der Waals surface area contributed by atoms with Crippen LogP contribution in [0.2, 0.25) is 0 Å². The molecule has 0 saturated heterocycles. The highest BCUT2D eigenvalue weighted by atomic mass is 32.2. The summed E-state index contributed by atoms with van der Waals surface area (Å²) in [7, 11) is 1.70. The van der Waals surface area contributed by atoms with Gasteiger partial charge in [-0.15, -0.1) is 10.2 Å². The molecule has 1 heterocycles. The van der Waals surface area contributed by atoms with Crippen LogP contribution in [-0.4, -0.2) is 32.3 Å². The maximum Gasteiger partial charge on any atom is 0.416 e. The van der Waals surface area contributed by atoms with E-state index in [1.165, 1.54) is 12.1 Å². The number of rotatable bonds is 7. The van der Waals surface area contributed by atoms with E-state index >= 15 is 0 Å². The fraction of sp³-hybridized carbons (Fsp3) is 0.238. The summed E-state index contributed by atoms with van der Waals surface area (Å²) in [6.45, 7) is 2.04. The van der Waals surface area contributed by atoms with Crippen LogP contribution in [0.4, 0.5) is 18.9 Å². The number of nitrogens with zero attached hydrogens (tertiary/aromatic N) is 3. The van der Waals surface area contributed by atoms with Crippen LogP contribution in [-0.2, 0) is 24.6 Å². The third-order valence-corrected chi connectivity index (χ3v) is 5.44. The van der Waals surface area contributed by atoms with E-state index in [0.717, 1.165) is 29.5 Å². The summed E-state index contributed by atoms with van der Waals surface area (Å²) in [5.41, 5.74) is 0.725. The Balaban J connectivity index is 1.53. The molecule has 3 rings (SSSR count). The monoisotopic (exact) mass is 463 g/mol. The van der Waals surface area contributed by atoms with Gasteiger partial charge in [0, 0.05) is 18.3 Å². The maximum atomic E-state index is 12.8. The van der Waals surface area contributed by atoms with E-state index in [0.29, 0.717) is 16.5 Å². The summed E-state index contributed by atoms with van der Waals surface area (Å²) in [6, 6.07) is 11.6. The van der Waals surface area contributed by atoms with Crippen molar-refractivity contribution in [1.82, 2.24) is 20.1 Å². The van der Waals surface area contributed by atoms with Crippen LogP contribution in [0, 0.1) is 6.92 Å². The molecule has 2 N–H and O–H groups in total. The van der Waals surface area contributed by atoms with Gasteiger partial charge in [0.1, 0.15) is 0 Å². The molecular formula is C21H20F3N5O2S. The number of carbonyl (C=O) groups is 2. The summed E-state index contributed by atoms with van der Waals surface area (Å²) < 4.78 is 40.0. The lowest BCUT2D eigenvalue weighted by atomic mass is 10.1. The van der Waals surface area contributed by atoms with E-state index in [9.17, 15) is 22.8 Å². The van der Waals surface area contributed by atoms with Crippen LogP contribution in [0.25, 0.3) is 0 Å². The molecule has 0 atom stereocenters.